The van der Waals surface area contributed by atoms with Gasteiger partial charge in [-0.2, -0.15) is 10.2 Å². The molecule has 2 aromatic rings. The molecule has 0 saturated heterocycles. The van der Waals surface area contributed by atoms with Crippen molar-refractivity contribution in [2.24, 2.45) is 28.6 Å². The molecular formula is C29H36N6O2. The molecule has 0 spiro atoms. The first-order valence-corrected chi connectivity index (χ1v) is 13.6. The summed E-state index contributed by atoms with van der Waals surface area (Å²) in [4.78, 5) is 29.1. The van der Waals surface area contributed by atoms with Crippen LogP contribution in [0.2, 0.25) is 0 Å². The molecule has 2 N–H and O–H groups in total. The van der Waals surface area contributed by atoms with Crippen molar-refractivity contribution in [2.75, 3.05) is 7.05 Å². The average Bonchev–Trinajstić information content (AvgIpc) is 3.53. The summed E-state index contributed by atoms with van der Waals surface area (Å²) in [6, 6.07) is 1.88. The minimum atomic E-state index is -0.148. The van der Waals surface area contributed by atoms with Crippen LogP contribution in [0.15, 0.2) is 48.7 Å². The highest BCUT2D eigenvalue weighted by molar-refractivity contribution is 5.94. The lowest BCUT2D eigenvalue weighted by Gasteiger charge is -2.58. The van der Waals surface area contributed by atoms with Crippen molar-refractivity contribution in [3.63, 3.8) is 0 Å². The molecule has 0 radical (unpaired) electrons. The summed E-state index contributed by atoms with van der Waals surface area (Å²) in [6.07, 6.45) is 19.3. The highest BCUT2D eigenvalue weighted by Crippen LogP contribution is 2.65. The first-order chi connectivity index (χ1) is 17.8. The molecule has 4 aliphatic rings. The van der Waals surface area contributed by atoms with Crippen molar-refractivity contribution in [1.29, 1.82) is 0 Å². The normalized spacial score (nSPS) is 34.4. The van der Waals surface area contributed by atoms with Crippen molar-refractivity contribution in [3.05, 3.63) is 60.0 Å². The third-order valence-electron chi connectivity index (χ3n) is 10.1. The third-order valence-corrected chi connectivity index (χ3v) is 10.1. The number of hydrogen-bond donors (Lipinski definition) is 2. The second-order valence-corrected chi connectivity index (χ2v) is 11.8. The number of aromatic nitrogens is 4. The van der Waals surface area contributed by atoms with Crippen LogP contribution in [0.4, 0.5) is 0 Å². The first kappa shape index (κ1) is 24.1. The summed E-state index contributed by atoms with van der Waals surface area (Å²) in [5.41, 5.74) is 4.16. The van der Waals surface area contributed by atoms with Crippen molar-refractivity contribution >= 4 is 17.5 Å². The Morgan fingerprint density at radius 3 is 2.65 bits per heavy atom. The summed E-state index contributed by atoms with van der Waals surface area (Å²) in [5.74, 6) is 1.71. The molecule has 8 nitrogen and oxygen atoms in total. The number of nitrogens with zero attached hydrogens (tertiary/aromatic N) is 4. The number of imidazole rings is 1. The Kier molecular flexibility index (Phi) is 5.81. The van der Waals surface area contributed by atoms with Crippen LogP contribution < -0.4 is 10.6 Å². The quantitative estimate of drug-likeness (QED) is 0.612. The summed E-state index contributed by atoms with van der Waals surface area (Å²) >= 11 is 0. The molecule has 3 unspecified atom stereocenters. The molecule has 194 valence electrons. The standard InChI is InChI=1S/C29H36N6O2/c1-28-11-8-20(34-26(36)18-10-13-32-33-15-18)14-19(28)4-5-21-22-6-7-25(29(22,2)12-9-23(21)28)35-16-24(31-17-35)27(37)30-3/h4,7,10,13,15-17,20-23H,5-6,8-9,11-12,14H2,1-3H3,(H,30,37)(H,34,36)/t20-,21?,22?,23?,28-,29-/m0/s1. The Morgan fingerprint density at radius 2 is 1.86 bits per heavy atom. The van der Waals surface area contributed by atoms with E-state index in [1.54, 1.807) is 25.6 Å². The van der Waals surface area contributed by atoms with Gasteiger partial charge in [-0.25, -0.2) is 4.98 Å². The molecule has 2 heterocycles. The molecule has 0 aliphatic heterocycles. The molecule has 2 aromatic heterocycles. The summed E-state index contributed by atoms with van der Waals surface area (Å²) in [7, 11) is 1.64. The van der Waals surface area contributed by atoms with E-state index in [0.29, 0.717) is 29.0 Å². The molecule has 2 amide bonds. The zero-order valence-electron chi connectivity index (χ0n) is 21.9. The number of amides is 2. The van der Waals surface area contributed by atoms with Crippen molar-refractivity contribution in [3.8, 4) is 0 Å². The molecule has 2 saturated carbocycles. The average molecular weight is 501 g/mol. The lowest BCUT2D eigenvalue weighted by molar-refractivity contribution is -0.0137. The number of fused-ring (bicyclic) bond motifs is 5. The maximum atomic E-state index is 12.7. The van der Waals surface area contributed by atoms with Crippen molar-refractivity contribution < 1.29 is 9.59 Å². The molecule has 2 fully saturated rings. The minimum absolute atomic E-state index is 0.0603. The Balaban J connectivity index is 1.18. The fourth-order valence-electron chi connectivity index (χ4n) is 8.12. The van der Waals surface area contributed by atoms with Gasteiger partial charge in [0, 0.05) is 30.4 Å². The molecule has 8 heteroatoms. The Labute approximate surface area is 218 Å². The van der Waals surface area contributed by atoms with Gasteiger partial charge in [-0.1, -0.05) is 31.6 Å². The van der Waals surface area contributed by atoms with Crippen molar-refractivity contribution in [1.82, 2.24) is 30.4 Å². The predicted octanol–water partition coefficient (Wildman–Crippen LogP) is 4.24. The van der Waals surface area contributed by atoms with Crippen LogP contribution in [0.5, 0.6) is 0 Å². The highest BCUT2D eigenvalue weighted by Gasteiger charge is 2.57. The van der Waals surface area contributed by atoms with E-state index in [9.17, 15) is 9.59 Å². The van der Waals surface area contributed by atoms with Gasteiger partial charge in [-0.15, -0.1) is 0 Å². The SMILES string of the molecule is CNC(=O)c1cn(C2=CCC3C4CC=C5C[C@@H](NC(=O)c6ccnnc6)CC[C@]5(C)C4CC[C@]23C)cn1. The number of carbonyl (C=O) groups excluding carboxylic acids is 2. The summed E-state index contributed by atoms with van der Waals surface area (Å²) in [6.45, 7) is 4.91. The predicted molar refractivity (Wildman–Crippen MR) is 140 cm³/mol. The van der Waals surface area contributed by atoms with E-state index in [0.717, 1.165) is 38.5 Å². The molecule has 0 bridgehead atoms. The van der Waals surface area contributed by atoms with Gasteiger partial charge in [-0.05, 0) is 74.2 Å². The Hall–Kier alpha value is -3.29. The van der Waals surface area contributed by atoms with Crippen molar-refractivity contribution in [2.45, 2.75) is 64.8 Å². The van der Waals surface area contributed by atoms with Gasteiger partial charge in [-0.3, -0.25) is 9.59 Å². The van der Waals surface area contributed by atoms with E-state index in [1.165, 1.54) is 23.9 Å². The number of hydrogen-bond acceptors (Lipinski definition) is 5. The van der Waals surface area contributed by atoms with Crippen LogP contribution in [0.3, 0.4) is 0 Å². The van der Waals surface area contributed by atoms with E-state index in [2.05, 4.69) is 56.4 Å². The maximum absolute atomic E-state index is 12.7. The van der Waals surface area contributed by atoms with Crippen LogP contribution >= 0.6 is 0 Å². The third kappa shape index (κ3) is 3.83. The van der Waals surface area contributed by atoms with Gasteiger partial charge in [0.2, 0.25) is 0 Å². The Morgan fingerprint density at radius 1 is 1.03 bits per heavy atom. The number of allylic oxidation sites excluding steroid dienone is 3. The second kappa shape index (κ2) is 8.92. The van der Waals surface area contributed by atoms with Crippen LogP contribution in [-0.4, -0.2) is 44.7 Å². The Bertz CT molecular complexity index is 1280. The zero-order chi connectivity index (χ0) is 25.8. The molecule has 6 atom stereocenters. The van der Waals surface area contributed by atoms with Gasteiger partial charge >= 0.3 is 0 Å². The number of carbonyl (C=O) groups is 2. The van der Waals surface area contributed by atoms with Gasteiger partial charge < -0.3 is 15.2 Å². The maximum Gasteiger partial charge on any atom is 0.271 e. The number of nitrogens with one attached hydrogen (secondary N) is 2. The second-order valence-electron chi connectivity index (χ2n) is 11.8. The molecule has 4 aliphatic carbocycles. The van der Waals surface area contributed by atoms with E-state index >= 15 is 0 Å². The van der Waals surface area contributed by atoms with E-state index < -0.39 is 0 Å². The van der Waals surface area contributed by atoms with E-state index in [1.807, 2.05) is 6.20 Å². The van der Waals surface area contributed by atoms with E-state index in [-0.39, 0.29) is 28.7 Å². The monoisotopic (exact) mass is 500 g/mol. The van der Waals surface area contributed by atoms with Gasteiger partial charge in [0.15, 0.2) is 0 Å². The summed E-state index contributed by atoms with van der Waals surface area (Å²) < 4.78 is 2.09. The lowest BCUT2D eigenvalue weighted by atomic mass is 9.47. The topological polar surface area (TPSA) is 102 Å². The molecular weight excluding hydrogens is 464 g/mol. The van der Waals surface area contributed by atoms with Crippen LogP contribution in [0, 0.1) is 28.6 Å². The molecule has 6 rings (SSSR count). The fourth-order valence-corrected chi connectivity index (χ4v) is 8.12. The molecule has 0 aromatic carbocycles. The van der Waals surface area contributed by atoms with Gasteiger partial charge in [0.05, 0.1) is 24.3 Å². The zero-order valence-corrected chi connectivity index (χ0v) is 21.9. The van der Waals surface area contributed by atoms with Gasteiger partial charge in [0.1, 0.15) is 5.69 Å². The minimum Gasteiger partial charge on any atom is -0.354 e. The highest BCUT2D eigenvalue weighted by atomic mass is 16.2. The lowest BCUT2D eigenvalue weighted by Crippen LogP contribution is -2.51. The largest absolute Gasteiger partial charge is 0.354 e. The summed E-state index contributed by atoms with van der Waals surface area (Å²) in [5, 5.41) is 13.5. The number of rotatable bonds is 4. The first-order valence-electron chi connectivity index (χ1n) is 13.6. The molecule has 37 heavy (non-hydrogen) atoms. The van der Waals surface area contributed by atoms with E-state index in [4.69, 9.17) is 0 Å². The van der Waals surface area contributed by atoms with Gasteiger partial charge in [0.25, 0.3) is 11.8 Å². The fraction of sp³-hybridized carbons (Fsp3) is 0.552. The van der Waals surface area contributed by atoms with Crippen LogP contribution in [0.25, 0.3) is 5.70 Å². The van der Waals surface area contributed by atoms with Crippen LogP contribution in [-0.2, 0) is 0 Å². The smallest absolute Gasteiger partial charge is 0.271 e. The van der Waals surface area contributed by atoms with Crippen LogP contribution in [0.1, 0.15) is 79.6 Å².